The molecule has 26 heavy (non-hydrogen) atoms. The number of thiophene rings is 2. The van der Waals surface area contributed by atoms with E-state index in [4.69, 9.17) is 0 Å². The van der Waals surface area contributed by atoms with E-state index < -0.39 is 0 Å². The molecule has 4 aromatic carbocycles. The van der Waals surface area contributed by atoms with Gasteiger partial charge in [0.2, 0.25) is 0 Å². The maximum Gasteiger partial charge on any atom is 0.110 e. The molecule has 0 unspecified atom stereocenters. The first-order chi connectivity index (χ1) is 12.8. The lowest BCUT2D eigenvalue weighted by Gasteiger charge is -2.09. The number of hydrogen-bond acceptors (Lipinski definition) is 3. The minimum atomic E-state index is 0.769. The van der Waals surface area contributed by atoms with Gasteiger partial charge in [-0.05, 0) is 62.0 Å². The maximum absolute atomic E-state index is 9.23. The summed E-state index contributed by atoms with van der Waals surface area (Å²) in [6.45, 7) is 0. The van der Waals surface area contributed by atoms with E-state index in [2.05, 4.69) is 66.0 Å². The highest BCUT2D eigenvalue weighted by Gasteiger charge is 2.11. The fraction of sp³-hybridized carbons (Fsp3) is 0. The Morgan fingerprint density at radius 2 is 1.12 bits per heavy atom. The van der Waals surface area contributed by atoms with E-state index in [0.29, 0.717) is 0 Å². The molecule has 0 bridgehead atoms. The van der Waals surface area contributed by atoms with Gasteiger partial charge in [-0.25, -0.2) is 0 Å². The van der Waals surface area contributed by atoms with Crippen molar-refractivity contribution >= 4 is 75.2 Å². The summed E-state index contributed by atoms with van der Waals surface area (Å²) in [5.41, 5.74) is 0. The molecule has 0 saturated carbocycles. The fourth-order valence-corrected chi connectivity index (χ4v) is 5.74. The SMILES string of the molecule is N#Cc1cc2c(ccc3c2ccc2c4ccc5sccc5c4ccc32)s1. The Bertz CT molecular complexity index is 1540. The molecule has 0 spiro atoms. The van der Waals surface area contributed by atoms with Crippen molar-refractivity contribution in [2.75, 3.05) is 0 Å². The van der Waals surface area contributed by atoms with Gasteiger partial charge in [0, 0.05) is 20.2 Å². The Kier molecular flexibility index (Phi) is 2.77. The summed E-state index contributed by atoms with van der Waals surface area (Å²) in [5.74, 6) is 0. The molecule has 0 atom stereocenters. The van der Waals surface area contributed by atoms with Crippen LogP contribution < -0.4 is 0 Å². The molecule has 0 saturated heterocycles. The lowest BCUT2D eigenvalue weighted by molar-refractivity contribution is 1.52. The molecule has 2 aromatic heterocycles. The summed E-state index contributed by atoms with van der Waals surface area (Å²) in [6.07, 6.45) is 0. The second kappa shape index (κ2) is 5.04. The van der Waals surface area contributed by atoms with Crippen LogP contribution in [0.4, 0.5) is 0 Å². The van der Waals surface area contributed by atoms with Crippen molar-refractivity contribution < 1.29 is 0 Å². The lowest BCUT2D eigenvalue weighted by Crippen LogP contribution is -1.81. The highest BCUT2D eigenvalue weighted by atomic mass is 32.1. The third-order valence-corrected chi connectivity index (χ3v) is 7.12. The third kappa shape index (κ3) is 1.78. The molecule has 0 aliphatic carbocycles. The molecule has 0 aliphatic heterocycles. The van der Waals surface area contributed by atoms with Gasteiger partial charge in [0.05, 0.1) is 0 Å². The molecule has 0 radical (unpaired) electrons. The summed E-state index contributed by atoms with van der Waals surface area (Å²) in [5, 5.41) is 21.6. The third-order valence-electron chi connectivity index (χ3n) is 5.23. The molecule has 0 fully saturated rings. The standard InChI is InChI=1S/C23H11NS2/c24-12-13-11-21-19-4-2-14-15(17(19)6-8-23(21)26-13)1-3-18-16(14)5-7-22-20(18)9-10-25-22/h1-11H. The predicted molar refractivity (Wildman–Crippen MR) is 114 cm³/mol. The number of fused-ring (bicyclic) bond motifs is 9. The molecule has 120 valence electrons. The molecule has 6 aromatic rings. The molecule has 0 aliphatic rings. The number of hydrogen-bond donors (Lipinski definition) is 0. The van der Waals surface area contributed by atoms with Gasteiger partial charge in [-0.15, -0.1) is 22.7 Å². The second-order valence-electron chi connectivity index (χ2n) is 6.51. The van der Waals surface area contributed by atoms with E-state index in [-0.39, 0.29) is 0 Å². The first-order valence-electron chi connectivity index (χ1n) is 8.41. The topological polar surface area (TPSA) is 23.8 Å². The van der Waals surface area contributed by atoms with Gasteiger partial charge in [-0.3, -0.25) is 0 Å². The monoisotopic (exact) mass is 365 g/mol. The Morgan fingerprint density at radius 3 is 1.77 bits per heavy atom. The highest BCUT2D eigenvalue weighted by Crippen LogP contribution is 2.39. The van der Waals surface area contributed by atoms with Crippen molar-refractivity contribution in [3.8, 4) is 6.07 Å². The van der Waals surface area contributed by atoms with Crippen molar-refractivity contribution in [3.63, 3.8) is 0 Å². The molecule has 3 heteroatoms. The second-order valence-corrected chi connectivity index (χ2v) is 8.55. The van der Waals surface area contributed by atoms with Crippen molar-refractivity contribution in [2.24, 2.45) is 0 Å². The summed E-state index contributed by atoms with van der Waals surface area (Å²) in [6, 6.07) is 24.3. The van der Waals surface area contributed by atoms with Crippen molar-refractivity contribution in [3.05, 3.63) is 70.9 Å². The Balaban J connectivity index is 1.80. The minimum absolute atomic E-state index is 0.769. The molecular formula is C23H11NS2. The van der Waals surface area contributed by atoms with Gasteiger partial charge in [0.15, 0.2) is 0 Å². The van der Waals surface area contributed by atoms with Crippen LogP contribution in [0.3, 0.4) is 0 Å². The van der Waals surface area contributed by atoms with E-state index in [1.165, 1.54) is 52.5 Å². The van der Waals surface area contributed by atoms with Gasteiger partial charge in [-0.2, -0.15) is 5.26 Å². The Hall–Kier alpha value is -2.93. The van der Waals surface area contributed by atoms with Crippen LogP contribution >= 0.6 is 22.7 Å². The first kappa shape index (κ1) is 14.3. The van der Waals surface area contributed by atoms with Crippen LogP contribution in [-0.2, 0) is 0 Å². The summed E-state index contributed by atoms with van der Waals surface area (Å²) >= 11 is 3.35. The van der Waals surface area contributed by atoms with Gasteiger partial charge in [-0.1, -0.05) is 36.4 Å². The molecule has 2 heterocycles. The van der Waals surface area contributed by atoms with E-state index in [9.17, 15) is 5.26 Å². The molecule has 1 nitrogen and oxygen atoms in total. The number of rotatable bonds is 0. The molecule has 0 N–H and O–H groups in total. The fourth-order valence-electron chi connectivity index (χ4n) is 4.07. The van der Waals surface area contributed by atoms with Crippen molar-refractivity contribution in [1.82, 2.24) is 0 Å². The van der Waals surface area contributed by atoms with Gasteiger partial charge in [0.25, 0.3) is 0 Å². The van der Waals surface area contributed by atoms with Crippen LogP contribution in [0.5, 0.6) is 0 Å². The van der Waals surface area contributed by atoms with E-state index in [0.717, 1.165) is 4.88 Å². The molecule has 6 rings (SSSR count). The van der Waals surface area contributed by atoms with Crippen molar-refractivity contribution in [2.45, 2.75) is 0 Å². The quantitative estimate of drug-likeness (QED) is 0.256. The zero-order valence-corrected chi connectivity index (χ0v) is 15.2. The first-order valence-corrected chi connectivity index (χ1v) is 10.1. The predicted octanol–water partition coefficient (Wildman–Crippen LogP) is 7.45. The van der Waals surface area contributed by atoms with Gasteiger partial charge in [0.1, 0.15) is 10.9 Å². The largest absolute Gasteiger partial charge is 0.192 e. The highest BCUT2D eigenvalue weighted by molar-refractivity contribution is 7.19. The zero-order valence-electron chi connectivity index (χ0n) is 13.6. The molecular weight excluding hydrogens is 354 g/mol. The van der Waals surface area contributed by atoms with E-state index in [1.807, 2.05) is 6.07 Å². The smallest absolute Gasteiger partial charge is 0.110 e. The zero-order chi connectivity index (χ0) is 17.3. The summed E-state index contributed by atoms with van der Waals surface area (Å²) in [7, 11) is 0. The normalized spacial score (nSPS) is 11.8. The van der Waals surface area contributed by atoms with Crippen molar-refractivity contribution in [1.29, 1.82) is 5.26 Å². The Labute approximate surface area is 157 Å². The minimum Gasteiger partial charge on any atom is -0.192 e. The van der Waals surface area contributed by atoms with Crippen LogP contribution in [0, 0.1) is 11.3 Å². The number of nitriles is 1. The van der Waals surface area contributed by atoms with E-state index in [1.54, 1.807) is 22.7 Å². The summed E-state index contributed by atoms with van der Waals surface area (Å²) in [4.78, 5) is 0.769. The average Bonchev–Trinajstić information content (AvgIpc) is 3.33. The van der Waals surface area contributed by atoms with Gasteiger partial charge >= 0.3 is 0 Å². The molecule has 0 amide bonds. The number of nitrogens with zero attached hydrogens (tertiary/aromatic N) is 1. The maximum atomic E-state index is 9.23. The summed E-state index contributed by atoms with van der Waals surface area (Å²) < 4.78 is 2.51. The number of benzene rings is 4. The average molecular weight is 365 g/mol. The van der Waals surface area contributed by atoms with Crippen LogP contribution in [-0.4, -0.2) is 0 Å². The lowest BCUT2D eigenvalue weighted by atomic mass is 9.95. The van der Waals surface area contributed by atoms with Crippen LogP contribution in [0.25, 0.3) is 52.5 Å². The van der Waals surface area contributed by atoms with Crippen LogP contribution in [0.1, 0.15) is 4.88 Å². The Morgan fingerprint density at radius 1 is 0.577 bits per heavy atom. The van der Waals surface area contributed by atoms with Crippen LogP contribution in [0.2, 0.25) is 0 Å². The van der Waals surface area contributed by atoms with Crippen LogP contribution in [0.15, 0.2) is 66.0 Å². The van der Waals surface area contributed by atoms with Gasteiger partial charge < -0.3 is 0 Å². The van der Waals surface area contributed by atoms with E-state index >= 15 is 0 Å².